The standard InChI is InChI=1S/C29H27ClN6O4/c1-14(2)35-23-22(33-24(35)18-13-31-28(40-6)34-25(18)39-5)26(37)36(21-11-15(3)7-8-16(21)4)29(23)19-10-9-17(30)12-20(19)32-27(29)38/h7-14H,1-6H3,(H,32,38)/t29-/m1/s1. The maximum absolute atomic E-state index is 14.5. The first kappa shape index (κ1) is 25.8. The average molecular weight is 559 g/mol. The van der Waals surface area contributed by atoms with Crippen LogP contribution < -0.4 is 19.7 Å². The van der Waals surface area contributed by atoms with Crippen LogP contribution in [0, 0.1) is 13.8 Å². The van der Waals surface area contributed by atoms with Crippen molar-refractivity contribution < 1.29 is 19.1 Å². The van der Waals surface area contributed by atoms with Crippen LogP contribution in [0.25, 0.3) is 11.4 Å². The van der Waals surface area contributed by atoms with Gasteiger partial charge in [0.15, 0.2) is 11.2 Å². The molecule has 1 spiro atoms. The molecule has 0 saturated heterocycles. The van der Waals surface area contributed by atoms with Crippen molar-refractivity contribution in [1.82, 2.24) is 19.5 Å². The summed E-state index contributed by atoms with van der Waals surface area (Å²) in [5.41, 5.74) is 3.13. The van der Waals surface area contributed by atoms with Gasteiger partial charge >= 0.3 is 6.01 Å². The van der Waals surface area contributed by atoms with E-state index in [-0.39, 0.29) is 29.5 Å². The van der Waals surface area contributed by atoms with E-state index in [0.717, 1.165) is 11.1 Å². The number of anilines is 2. The third kappa shape index (κ3) is 3.38. The van der Waals surface area contributed by atoms with Crippen molar-refractivity contribution in [2.45, 2.75) is 39.3 Å². The molecule has 0 fully saturated rings. The number of amides is 2. The molecule has 204 valence electrons. The molecular weight excluding hydrogens is 532 g/mol. The number of fused-ring (bicyclic) bond motifs is 4. The Kier molecular flexibility index (Phi) is 5.85. The maximum atomic E-state index is 14.5. The molecule has 2 amide bonds. The average Bonchev–Trinajstić information content (AvgIpc) is 3.53. The minimum absolute atomic E-state index is 0.130. The smallest absolute Gasteiger partial charge is 0.319 e. The largest absolute Gasteiger partial charge is 0.480 e. The number of carbonyl (C=O) groups excluding carboxylic acids is 2. The monoisotopic (exact) mass is 558 g/mol. The fraction of sp³-hybridized carbons (Fsp3) is 0.276. The molecule has 1 N–H and O–H groups in total. The zero-order valence-corrected chi connectivity index (χ0v) is 23.6. The van der Waals surface area contributed by atoms with Crippen molar-refractivity contribution >= 4 is 34.8 Å². The van der Waals surface area contributed by atoms with Crippen LogP contribution in [0.2, 0.25) is 5.02 Å². The molecule has 0 radical (unpaired) electrons. The van der Waals surface area contributed by atoms with Gasteiger partial charge in [0.05, 0.1) is 25.5 Å². The molecule has 4 heterocycles. The Morgan fingerprint density at radius 2 is 1.80 bits per heavy atom. The molecule has 0 saturated carbocycles. The van der Waals surface area contributed by atoms with E-state index in [4.69, 9.17) is 26.1 Å². The van der Waals surface area contributed by atoms with Crippen molar-refractivity contribution in [2.75, 3.05) is 24.4 Å². The zero-order valence-electron chi connectivity index (χ0n) is 22.9. The number of halogens is 1. The first-order chi connectivity index (χ1) is 19.1. The summed E-state index contributed by atoms with van der Waals surface area (Å²) in [5, 5.41) is 3.46. The second kappa shape index (κ2) is 9.06. The van der Waals surface area contributed by atoms with Crippen molar-refractivity contribution in [3.05, 3.63) is 75.7 Å². The van der Waals surface area contributed by atoms with Gasteiger partial charge in [-0.05, 0) is 57.0 Å². The predicted molar refractivity (Wildman–Crippen MR) is 150 cm³/mol. The highest BCUT2D eigenvalue weighted by Crippen LogP contribution is 2.55. The number of imidazole rings is 1. The Hall–Kier alpha value is -4.44. The molecule has 0 aliphatic carbocycles. The highest BCUT2D eigenvalue weighted by Gasteiger charge is 2.64. The number of aromatic nitrogens is 4. The number of nitrogens with one attached hydrogen (secondary N) is 1. The number of rotatable bonds is 5. The van der Waals surface area contributed by atoms with Gasteiger partial charge in [-0.1, -0.05) is 29.8 Å². The summed E-state index contributed by atoms with van der Waals surface area (Å²) in [7, 11) is 2.95. The van der Waals surface area contributed by atoms with Gasteiger partial charge in [0, 0.05) is 34.2 Å². The van der Waals surface area contributed by atoms with Crippen molar-refractivity contribution in [3.8, 4) is 23.3 Å². The molecule has 0 bridgehead atoms. The second-order valence-corrected chi connectivity index (χ2v) is 10.6. The van der Waals surface area contributed by atoms with Gasteiger partial charge in [0.25, 0.3) is 11.8 Å². The molecule has 2 aromatic carbocycles. The Balaban J connectivity index is 1.73. The summed E-state index contributed by atoms with van der Waals surface area (Å²) in [5.74, 6) is -0.129. The van der Waals surface area contributed by atoms with Gasteiger partial charge in [0.2, 0.25) is 5.88 Å². The number of ether oxygens (including phenoxy) is 2. The number of methoxy groups -OCH3 is 2. The van der Waals surface area contributed by atoms with Crippen LogP contribution in [0.1, 0.15) is 52.8 Å². The molecule has 10 nitrogen and oxygen atoms in total. The van der Waals surface area contributed by atoms with E-state index in [0.29, 0.717) is 39.0 Å². The lowest BCUT2D eigenvalue weighted by Gasteiger charge is -2.36. The Bertz CT molecular complexity index is 1730. The van der Waals surface area contributed by atoms with Gasteiger partial charge < -0.3 is 19.4 Å². The summed E-state index contributed by atoms with van der Waals surface area (Å²) in [6, 6.07) is 11.0. The second-order valence-electron chi connectivity index (χ2n) is 10.2. The van der Waals surface area contributed by atoms with Gasteiger partial charge in [-0.15, -0.1) is 0 Å². The van der Waals surface area contributed by atoms with Crippen molar-refractivity contribution in [1.29, 1.82) is 0 Å². The van der Waals surface area contributed by atoms with Crippen LogP contribution in [-0.2, 0) is 10.3 Å². The molecule has 11 heteroatoms. The number of benzene rings is 2. The lowest BCUT2D eigenvalue weighted by molar-refractivity contribution is -0.119. The number of aryl methyl sites for hydroxylation is 2. The molecule has 1 atom stereocenters. The topological polar surface area (TPSA) is 111 Å². The predicted octanol–water partition coefficient (Wildman–Crippen LogP) is 5.06. The van der Waals surface area contributed by atoms with E-state index >= 15 is 0 Å². The van der Waals surface area contributed by atoms with Crippen LogP contribution in [0.5, 0.6) is 11.9 Å². The van der Waals surface area contributed by atoms with Crippen molar-refractivity contribution in [2.24, 2.45) is 0 Å². The molecule has 2 aromatic heterocycles. The first-order valence-electron chi connectivity index (χ1n) is 12.7. The lowest BCUT2D eigenvalue weighted by atomic mass is 9.86. The molecule has 6 rings (SSSR count). The van der Waals surface area contributed by atoms with E-state index in [2.05, 4.69) is 15.3 Å². The molecule has 2 aliphatic heterocycles. The maximum Gasteiger partial charge on any atom is 0.319 e. The van der Waals surface area contributed by atoms with E-state index < -0.39 is 11.4 Å². The van der Waals surface area contributed by atoms with E-state index in [9.17, 15) is 9.59 Å². The van der Waals surface area contributed by atoms with Gasteiger partial charge in [0.1, 0.15) is 5.82 Å². The van der Waals surface area contributed by atoms with Gasteiger partial charge in [-0.3, -0.25) is 14.5 Å². The first-order valence-corrected chi connectivity index (χ1v) is 13.1. The molecule has 2 aliphatic rings. The third-order valence-corrected chi connectivity index (χ3v) is 7.65. The summed E-state index contributed by atoms with van der Waals surface area (Å²) in [4.78, 5) is 43.8. The number of nitrogens with zero attached hydrogens (tertiary/aromatic N) is 5. The van der Waals surface area contributed by atoms with Crippen LogP contribution in [0.4, 0.5) is 11.4 Å². The Labute approximate surface area is 235 Å². The normalized spacial score (nSPS) is 17.4. The van der Waals surface area contributed by atoms with Crippen LogP contribution in [0.3, 0.4) is 0 Å². The molecular formula is C29H27ClN6O4. The summed E-state index contributed by atoms with van der Waals surface area (Å²) in [6.45, 7) is 7.81. The van der Waals surface area contributed by atoms with Crippen LogP contribution in [0.15, 0.2) is 42.6 Å². The fourth-order valence-electron chi connectivity index (χ4n) is 5.72. The highest BCUT2D eigenvalue weighted by atomic mass is 35.5. The summed E-state index contributed by atoms with van der Waals surface area (Å²) >= 11 is 6.33. The van der Waals surface area contributed by atoms with Crippen molar-refractivity contribution in [3.63, 3.8) is 0 Å². The van der Waals surface area contributed by atoms with E-state index in [1.807, 2.05) is 50.5 Å². The number of hydrogen-bond acceptors (Lipinski definition) is 7. The molecule has 4 aromatic rings. The summed E-state index contributed by atoms with van der Waals surface area (Å²) in [6.07, 6.45) is 1.54. The van der Waals surface area contributed by atoms with E-state index in [1.165, 1.54) is 14.2 Å². The minimum Gasteiger partial charge on any atom is -0.480 e. The lowest BCUT2D eigenvalue weighted by Crippen LogP contribution is -2.51. The fourth-order valence-corrected chi connectivity index (χ4v) is 5.89. The zero-order chi connectivity index (χ0) is 28.5. The van der Waals surface area contributed by atoms with Crippen LogP contribution >= 0.6 is 11.6 Å². The third-order valence-electron chi connectivity index (χ3n) is 7.41. The Morgan fingerprint density at radius 3 is 2.50 bits per heavy atom. The number of hydrogen-bond donors (Lipinski definition) is 1. The molecule has 40 heavy (non-hydrogen) atoms. The van der Waals surface area contributed by atoms with Gasteiger partial charge in [-0.2, -0.15) is 4.98 Å². The highest BCUT2D eigenvalue weighted by molar-refractivity contribution is 6.31. The molecule has 0 unspecified atom stereocenters. The minimum atomic E-state index is -1.54. The Morgan fingerprint density at radius 1 is 1.02 bits per heavy atom. The SMILES string of the molecule is COc1ncc(-c2nc3c(n2C(C)C)[C@]2(C(=O)Nc4cc(Cl)ccc42)N(c2cc(C)ccc2C)C3=O)c(OC)n1. The van der Waals surface area contributed by atoms with Gasteiger partial charge in [-0.25, -0.2) is 9.97 Å². The van der Waals surface area contributed by atoms with E-state index in [1.54, 1.807) is 29.3 Å². The summed E-state index contributed by atoms with van der Waals surface area (Å²) < 4.78 is 12.6. The quantitative estimate of drug-likeness (QED) is 0.364. The number of carbonyl (C=O) groups is 2. The van der Waals surface area contributed by atoms with Crippen LogP contribution in [-0.4, -0.2) is 45.6 Å².